The van der Waals surface area contributed by atoms with E-state index in [1.807, 2.05) is 36.5 Å². The molecule has 3 rings (SSSR count). The van der Waals surface area contributed by atoms with Crippen molar-refractivity contribution in [3.63, 3.8) is 0 Å². The number of carbonyl (C=O) groups is 1. The summed E-state index contributed by atoms with van der Waals surface area (Å²) in [6.45, 7) is 1.94. The number of benzene rings is 2. The molecule has 0 N–H and O–H groups in total. The van der Waals surface area contributed by atoms with Crippen molar-refractivity contribution in [2.75, 3.05) is 7.05 Å². The molecule has 0 saturated carbocycles. The van der Waals surface area contributed by atoms with E-state index in [2.05, 4.69) is 5.10 Å². The molecule has 7 nitrogen and oxygen atoms in total. The lowest BCUT2D eigenvalue weighted by atomic mass is 10.1. The third kappa shape index (κ3) is 3.46. The van der Waals surface area contributed by atoms with E-state index in [4.69, 9.17) is 0 Å². The SMILES string of the molecule is Cc1c(C(=O)N(C)Cc2cnn(-c3ccccc3)c2)cccc1[N+](=O)[O-]. The molecule has 0 aliphatic heterocycles. The van der Waals surface area contributed by atoms with Crippen molar-refractivity contribution in [2.45, 2.75) is 13.5 Å². The Bertz CT molecular complexity index is 950. The van der Waals surface area contributed by atoms with Gasteiger partial charge in [0.15, 0.2) is 0 Å². The van der Waals surface area contributed by atoms with Crippen LogP contribution in [0.15, 0.2) is 60.9 Å². The van der Waals surface area contributed by atoms with Crippen molar-refractivity contribution in [2.24, 2.45) is 0 Å². The number of hydrogen-bond acceptors (Lipinski definition) is 4. The zero-order chi connectivity index (χ0) is 18.7. The summed E-state index contributed by atoms with van der Waals surface area (Å²) in [6.07, 6.45) is 3.57. The normalized spacial score (nSPS) is 10.5. The molecule has 1 amide bonds. The second-order valence-corrected chi connectivity index (χ2v) is 6.00. The van der Waals surface area contributed by atoms with E-state index < -0.39 is 4.92 Å². The number of nitrogens with zero attached hydrogens (tertiary/aromatic N) is 4. The fourth-order valence-electron chi connectivity index (χ4n) is 2.77. The Morgan fingerprint density at radius 3 is 2.62 bits per heavy atom. The van der Waals surface area contributed by atoms with Crippen molar-refractivity contribution >= 4 is 11.6 Å². The molecule has 0 aliphatic rings. The largest absolute Gasteiger partial charge is 0.337 e. The van der Waals surface area contributed by atoms with Crippen molar-refractivity contribution in [3.05, 3.63) is 87.7 Å². The highest BCUT2D eigenvalue weighted by atomic mass is 16.6. The Balaban J connectivity index is 1.78. The number of nitro benzene ring substituents is 1. The zero-order valence-corrected chi connectivity index (χ0v) is 14.5. The summed E-state index contributed by atoms with van der Waals surface area (Å²) in [7, 11) is 1.67. The molecule has 0 radical (unpaired) electrons. The molecule has 132 valence electrons. The highest BCUT2D eigenvalue weighted by molar-refractivity contribution is 5.96. The van der Waals surface area contributed by atoms with Gasteiger partial charge in [-0.2, -0.15) is 5.10 Å². The average molecular weight is 350 g/mol. The Kier molecular flexibility index (Phi) is 4.79. The van der Waals surface area contributed by atoms with Gasteiger partial charge in [-0.15, -0.1) is 0 Å². The van der Waals surface area contributed by atoms with E-state index in [9.17, 15) is 14.9 Å². The van der Waals surface area contributed by atoms with E-state index in [0.717, 1.165) is 11.3 Å². The first-order chi connectivity index (χ1) is 12.5. The molecule has 0 fully saturated rings. The lowest BCUT2D eigenvalue weighted by molar-refractivity contribution is -0.385. The summed E-state index contributed by atoms with van der Waals surface area (Å²) < 4.78 is 1.74. The Morgan fingerprint density at radius 2 is 1.92 bits per heavy atom. The molecule has 0 saturated heterocycles. The molecule has 0 spiro atoms. The smallest absolute Gasteiger partial charge is 0.273 e. The number of aromatic nitrogens is 2. The van der Waals surface area contributed by atoms with Gasteiger partial charge in [-0.1, -0.05) is 24.3 Å². The molecule has 1 aromatic heterocycles. The van der Waals surface area contributed by atoms with Crippen LogP contribution in [0.2, 0.25) is 0 Å². The number of carbonyl (C=O) groups excluding carboxylic acids is 1. The molecule has 0 atom stereocenters. The molecule has 0 unspecified atom stereocenters. The summed E-state index contributed by atoms with van der Waals surface area (Å²) in [5.74, 6) is -0.265. The van der Waals surface area contributed by atoms with Crippen LogP contribution >= 0.6 is 0 Å². The van der Waals surface area contributed by atoms with Crippen LogP contribution in [0, 0.1) is 17.0 Å². The van der Waals surface area contributed by atoms with Gasteiger partial charge in [-0.25, -0.2) is 4.68 Å². The summed E-state index contributed by atoms with van der Waals surface area (Å²) in [5.41, 5.74) is 2.45. The van der Waals surface area contributed by atoms with Gasteiger partial charge in [0.1, 0.15) is 0 Å². The van der Waals surface area contributed by atoms with E-state index >= 15 is 0 Å². The van der Waals surface area contributed by atoms with Gasteiger partial charge < -0.3 is 4.90 Å². The van der Waals surface area contributed by atoms with Gasteiger partial charge in [0.05, 0.1) is 16.8 Å². The average Bonchev–Trinajstić information content (AvgIpc) is 3.10. The van der Waals surface area contributed by atoms with Crippen LogP contribution in [0.5, 0.6) is 0 Å². The minimum atomic E-state index is -0.476. The predicted octanol–water partition coefficient (Wildman–Crippen LogP) is 3.36. The zero-order valence-electron chi connectivity index (χ0n) is 14.5. The van der Waals surface area contributed by atoms with E-state index in [0.29, 0.717) is 17.7 Å². The molecule has 7 heteroatoms. The quantitative estimate of drug-likeness (QED) is 0.522. The number of amides is 1. The summed E-state index contributed by atoms with van der Waals surface area (Å²) in [6, 6.07) is 14.2. The standard InChI is InChI=1S/C19H18N4O3/c1-14-17(9-6-10-18(14)23(25)26)19(24)21(2)12-15-11-20-22(13-15)16-7-4-3-5-8-16/h3-11,13H,12H2,1-2H3. The molecule has 1 heterocycles. The first kappa shape index (κ1) is 17.3. The van der Waals surface area contributed by atoms with Gasteiger partial charge in [0.25, 0.3) is 11.6 Å². The number of nitro groups is 1. The minimum absolute atomic E-state index is 0.0545. The Labute approximate surface area is 150 Å². The lowest BCUT2D eigenvalue weighted by Crippen LogP contribution is -2.26. The summed E-state index contributed by atoms with van der Waals surface area (Å²) in [5, 5.41) is 15.4. The Hall–Kier alpha value is -3.48. The second kappa shape index (κ2) is 7.18. The molecule has 2 aromatic carbocycles. The molecule has 3 aromatic rings. The molecule has 0 bridgehead atoms. The van der Waals surface area contributed by atoms with Gasteiger partial charge in [0.2, 0.25) is 0 Å². The van der Waals surface area contributed by atoms with Gasteiger partial charge in [-0.05, 0) is 25.1 Å². The molecule has 26 heavy (non-hydrogen) atoms. The minimum Gasteiger partial charge on any atom is -0.337 e. The van der Waals surface area contributed by atoms with Crippen molar-refractivity contribution in [1.82, 2.24) is 14.7 Å². The van der Waals surface area contributed by atoms with Gasteiger partial charge in [0, 0.05) is 42.5 Å². The van der Waals surface area contributed by atoms with E-state index in [-0.39, 0.29) is 11.6 Å². The van der Waals surface area contributed by atoms with Crippen LogP contribution in [-0.4, -0.2) is 32.6 Å². The van der Waals surface area contributed by atoms with Gasteiger partial charge in [-0.3, -0.25) is 14.9 Å². The van der Waals surface area contributed by atoms with Crippen molar-refractivity contribution < 1.29 is 9.72 Å². The molecule has 0 aliphatic carbocycles. The fourth-order valence-corrected chi connectivity index (χ4v) is 2.77. The second-order valence-electron chi connectivity index (χ2n) is 6.00. The van der Waals surface area contributed by atoms with Crippen LogP contribution in [0.1, 0.15) is 21.5 Å². The van der Waals surface area contributed by atoms with Crippen LogP contribution in [0.4, 0.5) is 5.69 Å². The summed E-state index contributed by atoms with van der Waals surface area (Å²) >= 11 is 0. The maximum Gasteiger partial charge on any atom is 0.273 e. The highest BCUT2D eigenvalue weighted by Gasteiger charge is 2.20. The topological polar surface area (TPSA) is 81.3 Å². The first-order valence-electron chi connectivity index (χ1n) is 8.06. The Morgan fingerprint density at radius 1 is 1.19 bits per heavy atom. The predicted molar refractivity (Wildman–Crippen MR) is 97.2 cm³/mol. The third-order valence-corrected chi connectivity index (χ3v) is 4.16. The number of hydrogen-bond donors (Lipinski definition) is 0. The first-order valence-corrected chi connectivity index (χ1v) is 8.06. The van der Waals surface area contributed by atoms with Gasteiger partial charge >= 0.3 is 0 Å². The van der Waals surface area contributed by atoms with Crippen LogP contribution in [0.25, 0.3) is 5.69 Å². The molecular formula is C19H18N4O3. The van der Waals surface area contributed by atoms with Crippen molar-refractivity contribution in [3.8, 4) is 5.69 Å². The van der Waals surface area contributed by atoms with E-state index in [1.165, 1.54) is 17.0 Å². The van der Waals surface area contributed by atoms with E-state index in [1.54, 1.807) is 30.9 Å². The summed E-state index contributed by atoms with van der Waals surface area (Å²) in [4.78, 5) is 24.8. The number of rotatable bonds is 5. The van der Waals surface area contributed by atoms with Crippen molar-refractivity contribution in [1.29, 1.82) is 0 Å². The number of para-hydroxylation sites is 1. The lowest BCUT2D eigenvalue weighted by Gasteiger charge is -2.17. The van der Waals surface area contributed by atoms with Crippen LogP contribution in [0.3, 0.4) is 0 Å². The van der Waals surface area contributed by atoms with Crippen LogP contribution < -0.4 is 0 Å². The maximum absolute atomic E-state index is 12.7. The maximum atomic E-state index is 12.7. The third-order valence-electron chi connectivity index (χ3n) is 4.16. The van der Waals surface area contributed by atoms with Crippen LogP contribution in [-0.2, 0) is 6.54 Å². The fraction of sp³-hybridized carbons (Fsp3) is 0.158. The monoisotopic (exact) mass is 350 g/mol. The molecular weight excluding hydrogens is 332 g/mol. The highest BCUT2D eigenvalue weighted by Crippen LogP contribution is 2.22.